The van der Waals surface area contributed by atoms with Crippen molar-refractivity contribution in [1.82, 2.24) is 30.3 Å². The van der Waals surface area contributed by atoms with E-state index in [-0.39, 0.29) is 35.9 Å². The fourth-order valence-electron chi connectivity index (χ4n) is 2.73. The summed E-state index contributed by atoms with van der Waals surface area (Å²) in [6.45, 7) is -0.203. The van der Waals surface area contributed by atoms with Gasteiger partial charge in [0.1, 0.15) is 15.6 Å². The Labute approximate surface area is 177 Å². The molecule has 0 unspecified atom stereocenters. The molecule has 0 fully saturated rings. The number of nitrogens with one attached hydrogen (secondary N) is 2. The Kier molecular flexibility index (Phi) is 6.30. The summed E-state index contributed by atoms with van der Waals surface area (Å²) in [4.78, 5) is 2.66. The zero-order chi connectivity index (χ0) is 22.8. The van der Waals surface area contributed by atoms with Crippen molar-refractivity contribution < 1.29 is 16.8 Å². The standard InChI is InChI=1S/C15H20N10O4S2/c16-5-9(17)7-21-31(28,29)11-3-2-10(8-1-4-12(18)20-6-8)13(14(11)30(19,26)27)15-22-24-25-23-15/h1-4,6,9,21H,5,7,16-17H2,(H2,18,20)(H2,19,26,27)(H,22,23,24,25)/t9-/m0/s1. The van der Waals surface area contributed by atoms with Crippen LogP contribution in [0.4, 0.5) is 5.82 Å². The molecule has 1 atom stereocenters. The molecule has 1 aromatic carbocycles. The second-order valence-corrected chi connectivity index (χ2v) is 9.65. The van der Waals surface area contributed by atoms with Crippen molar-refractivity contribution in [3.05, 3.63) is 30.5 Å². The predicted octanol–water partition coefficient (Wildman–Crippen LogP) is -2.28. The summed E-state index contributed by atoms with van der Waals surface area (Å²) in [6, 6.07) is 4.87. The molecular formula is C15H20N10O4S2. The van der Waals surface area contributed by atoms with Gasteiger partial charge in [0.15, 0.2) is 0 Å². The number of tetrazole rings is 1. The second kappa shape index (κ2) is 8.61. The third-order valence-electron chi connectivity index (χ3n) is 4.20. The molecule has 0 saturated heterocycles. The molecule has 0 aliphatic heterocycles. The number of nitrogens with two attached hydrogens (primary N) is 4. The van der Waals surface area contributed by atoms with Crippen molar-refractivity contribution >= 4 is 25.9 Å². The van der Waals surface area contributed by atoms with Gasteiger partial charge >= 0.3 is 0 Å². The van der Waals surface area contributed by atoms with E-state index < -0.39 is 35.9 Å². The van der Waals surface area contributed by atoms with E-state index in [2.05, 4.69) is 30.3 Å². The van der Waals surface area contributed by atoms with Gasteiger partial charge in [0.2, 0.25) is 25.9 Å². The number of primary sulfonamides is 1. The van der Waals surface area contributed by atoms with Crippen LogP contribution < -0.4 is 27.1 Å². The number of nitrogen functional groups attached to an aromatic ring is 1. The van der Waals surface area contributed by atoms with Crippen molar-refractivity contribution in [2.45, 2.75) is 15.8 Å². The normalized spacial score (nSPS) is 13.3. The third-order valence-corrected chi connectivity index (χ3v) is 6.79. The van der Waals surface area contributed by atoms with Crippen molar-refractivity contribution in [3.63, 3.8) is 0 Å². The molecule has 0 aliphatic rings. The van der Waals surface area contributed by atoms with Crippen LogP contribution in [0.2, 0.25) is 0 Å². The third kappa shape index (κ3) is 4.84. The van der Waals surface area contributed by atoms with E-state index in [0.29, 0.717) is 5.56 Å². The van der Waals surface area contributed by atoms with E-state index in [1.807, 2.05) is 0 Å². The Hall–Kier alpha value is -3.02. The molecule has 3 aromatic rings. The van der Waals surface area contributed by atoms with Crippen molar-refractivity contribution in [3.8, 4) is 22.5 Å². The Morgan fingerprint density at radius 3 is 2.42 bits per heavy atom. The van der Waals surface area contributed by atoms with Crippen LogP contribution in [-0.2, 0) is 20.0 Å². The first-order valence-electron chi connectivity index (χ1n) is 8.65. The molecule has 16 heteroatoms. The van der Waals surface area contributed by atoms with Gasteiger partial charge in [0, 0.05) is 30.9 Å². The monoisotopic (exact) mass is 468 g/mol. The highest BCUT2D eigenvalue weighted by atomic mass is 32.2. The van der Waals surface area contributed by atoms with Gasteiger partial charge in [-0.05, 0) is 29.0 Å². The summed E-state index contributed by atoms with van der Waals surface area (Å²) in [7, 11) is -8.96. The summed E-state index contributed by atoms with van der Waals surface area (Å²) in [5.74, 6) is 0.0442. The van der Waals surface area contributed by atoms with Gasteiger partial charge in [-0.15, -0.1) is 10.2 Å². The summed E-state index contributed by atoms with van der Waals surface area (Å²) in [5.41, 5.74) is 17.2. The minimum Gasteiger partial charge on any atom is -0.384 e. The zero-order valence-corrected chi connectivity index (χ0v) is 17.6. The first-order chi connectivity index (χ1) is 14.5. The molecule has 14 nitrogen and oxygen atoms in total. The number of benzene rings is 1. The molecule has 31 heavy (non-hydrogen) atoms. The Morgan fingerprint density at radius 1 is 1.13 bits per heavy atom. The number of aromatic amines is 1. The van der Waals surface area contributed by atoms with Crippen LogP contribution in [0.25, 0.3) is 22.5 Å². The highest BCUT2D eigenvalue weighted by Gasteiger charge is 2.32. The van der Waals surface area contributed by atoms with Gasteiger partial charge in [-0.1, -0.05) is 6.07 Å². The largest absolute Gasteiger partial charge is 0.384 e. The molecule has 0 bridgehead atoms. The lowest BCUT2D eigenvalue weighted by molar-refractivity contribution is 0.563. The predicted molar refractivity (Wildman–Crippen MR) is 111 cm³/mol. The smallest absolute Gasteiger partial charge is 0.241 e. The van der Waals surface area contributed by atoms with Gasteiger partial charge in [-0.2, -0.15) is 5.21 Å². The zero-order valence-electron chi connectivity index (χ0n) is 15.9. The molecule has 0 amide bonds. The van der Waals surface area contributed by atoms with Crippen LogP contribution in [0, 0.1) is 0 Å². The number of hydrogen-bond donors (Lipinski definition) is 6. The van der Waals surface area contributed by atoms with Gasteiger partial charge in [0.05, 0.1) is 5.56 Å². The van der Waals surface area contributed by atoms with Crippen LogP contribution in [0.5, 0.6) is 0 Å². The number of anilines is 1. The van der Waals surface area contributed by atoms with E-state index >= 15 is 0 Å². The quantitative estimate of drug-likeness (QED) is 0.205. The van der Waals surface area contributed by atoms with Gasteiger partial charge < -0.3 is 17.2 Å². The van der Waals surface area contributed by atoms with Crippen LogP contribution in [0.15, 0.2) is 40.3 Å². The topological polar surface area (TPSA) is 252 Å². The lowest BCUT2D eigenvalue weighted by Crippen LogP contribution is -2.42. The molecule has 0 saturated carbocycles. The Morgan fingerprint density at radius 2 is 1.87 bits per heavy atom. The molecule has 2 heterocycles. The maximum Gasteiger partial charge on any atom is 0.241 e. The van der Waals surface area contributed by atoms with Crippen LogP contribution in [0.1, 0.15) is 0 Å². The van der Waals surface area contributed by atoms with Crippen molar-refractivity contribution in [2.75, 3.05) is 18.8 Å². The van der Waals surface area contributed by atoms with E-state index in [4.69, 9.17) is 22.3 Å². The van der Waals surface area contributed by atoms with E-state index in [1.165, 1.54) is 18.3 Å². The SMILES string of the molecule is NC[C@H](N)CNS(=O)(=O)c1ccc(-c2ccc(N)nc2)c(-c2nn[nH]n2)c1S(N)(=O)=O. The summed E-state index contributed by atoms with van der Waals surface area (Å²) < 4.78 is 53.2. The highest BCUT2D eigenvalue weighted by molar-refractivity contribution is 7.92. The second-order valence-electron chi connectivity index (χ2n) is 6.42. The first kappa shape index (κ1) is 22.7. The van der Waals surface area contributed by atoms with Crippen molar-refractivity contribution in [1.29, 1.82) is 0 Å². The molecule has 166 valence electrons. The minimum atomic E-state index is -4.60. The fraction of sp³-hybridized carbons (Fsp3) is 0.200. The van der Waals surface area contributed by atoms with E-state index in [9.17, 15) is 16.8 Å². The first-order valence-corrected chi connectivity index (χ1v) is 11.7. The average molecular weight is 469 g/mol. The number of aromatic nitrogens is 5. The lowest BCUT2D eigenvalue weighted by Gasteiger charge is -2.17. The number of hydrogen-bond acceptors (Lipinski definition) is 11. The molecule has 3 rings (SSSR count). The number of rotatable bonds is 8. The van der Waals surface area contributed by atoms with Gasteiger partial charge in [-0.3, -0.25) is 0 Å². The number of nitrogens with zero attached hydrogens (tertiary/aromatic N) is 4. The molecule has 0 spiro atoms. The van der Waals surface area contributed by atoms with Crippen LogP contribution in [-0.4, -0.2) is 61.6 Å². The highest BCUT2D eigenvalue weighted by Crippen LogP contribution is 2.38. The van der Waals surface area contributed by atoms with Crippen LogP contribution >= 0.6 is 0 Å². The maximum atomic E-state index is 12.9. The summed E-state index contributed by atoms with van der Waals surface area (Å²) in [6.07, 6.45) is 1.38. The number of sulfonamides is 2. The lowest BCUT2D eigenvalue weighted by atomic mass is 10.0. The van der Waals surface area contributed by atoms with Crippen molar-refractivity contribution in [2.24, 2.45) is 16.6 Å². The average Bonchev–Trinajstić information content (AvgIpc) is 3.25. The van der Waals surface area contributed by atoms with E-state index in [1.54, 1.807) is 6.07 Å². The van der Waals surface area contributed by atoms with Gasteiger partial charge in [0.25, 0.3) is 0 Å². The molecule has 2 aromatic heterocycles. The number of H-pyrrole nitrogens is 1. The van der Waals surface area contributed by atoms with Gasteiger partial charge in [-0.25, -0.2) is 31.7 Å². The number of pyridine rings is 1. The van der Waals surface area contributed by atoms with E-state index in [0.717, 1.165) is 6.07 Å². The molecule has 10 N–H and O–H groups in total. The molecule has 0 radical (unpaired) electrons. The maximum absolute atomic E-state index is 12.9. The summed E-state index contributed by atoms with van der Waals surface area (Å²) in [5, 5.41) is 18.7. The Balaban J connectivity index is 2.33. The Bertz CT molecular complexity index is 1280. The summed E-state index contributed by atoms with van der Waals surface area (Å²) >= 11 is 0. The molecule has 0 aliphatic carbocycles. The fourth-order valence-corrected chi connectivity index (χ4v) is 5.42. The molecular weight excluding hydrogens is 448 g/mol. The minimum absolute atomic E-state index is 0.0156. The van der Waals surface area contributed by atoms with Crippen LogP contribution in [0.3, 0.4) is 0 Å².